The summed E-state index contributed by atoms with van der Waals surface area (Å²) in [5.41, 5.74) is 0.774. The van der Waals surface area contributed by atoms with Gasteiger partial charge in [-0.05, 0) is 29.9 Å². The first-order chi connectivity index (χ1) is 8.62. The van der Waals surface area contributed by atoms with E-state index in [4.69, 9.17) is 0 Å². The molecule has 0 radical (unpaired) electrons. The van der Waals surface area contributed by atoms with Gasteiger partial charge in [0.15, 0.2) is 0 Å². The summed E-state index contributed by atoms with van der Waals surface area (Å²) in [5.74, 6) is 0. The van der Waals surface area contributed by atoms with Gasteiger partial charge in [0.05, 0.1) is 10.6 Å². The summed E-state index contributed by atoms with van der Waals surface area (Å²) in [7, 11) is -3.70. The summed E-state index contributed by atoms with van der Waals surface area (Å²) in [4.78, 5) is 0.143. The molecule has 0 atom stereocenters. The molecular formula is C13H10NNaO3S. The minimum atomic E-state index is -3.70. The Morgan fingerprint density at radius 2 is 1.58 bits per heavy atom. The Morgan fingerprint density at radius 3 is 2.11 bits per heavy atom. The van der Waals surface area contributed by atoms with Gasteiger partial charge in [-0.1, -0.05) is 30.4 Å². The smallest absolute Gasteiger partial charge is 0.877 e. The van der Waals surface area contributed by atoms with Crippen LogP contribution in [0.2, 0.25) is 0 Å². The number of allylic oxidation sites excluding steroid dienone is 5. The first-order valence-corrected chi connectivity index (χ1v) is 6.64. The van der Waals surface area contributed by atoms with Crippen molar-refractivity contribution >= 4 is 15.7 Å². The summed E-state index contributed by atoms with van der Waals surface area (Å²) in [6.07, 6.45) is 6.71. The minimum absolute atomic E-state index is 0. The van der Waals surface area contributed by atoms with Crippen LogP contribution in [-0.4, -0.2) is 14.1 Å². The second kappa shape index (κ2) is 6.86. The van der Waals surface area contributed by atoms with Gasteiger partial charge in [-0.2, -0.15) is 12.8 Å². The molecule has 4 nitrogen and oxygen atoms in total. The van der Waals surface area contributed by atoms with Crippen LogP contribution in [0.5, 0.6) is 0 Å². The molecule has 0 aliphatic heterocycles. The van der Waals surface area contributed by atoms with E-state index in [0.717, 1.165) is 0 Å². The van der Waals surface area contributed by atoms with Crippen molar-refractivity contribution in [2.24, 2.45) is 4.40 Å². The molecule has 0 unspecified atom stereocenters. The molecule has 92 valence electrons. The summed E-state index contributed by atoms with van der Waals surface area (Å²) >= 11 is 0. The largest absolute Gasteiger partial charge is 1.00 e. The zero-order chi connectivity index (χ0) is 13.0. The standard InChI is InChI=1S/C13H11NO3S.Na/c15-10-11-6-8-12(9-7-11)14-18(16,17)13-4-2-1-3-5-13;/h1-10,15H;/q;+1/p-1. The van der Waals surface area contributed by atoms with E-state index < -0.39 is 10.0 Å². The van der Waals surface area contributed by atoms with E-state index in [1.807, 2.05) is 0 Å². The topological polar surface area (TPSA) is 69.6 Å². The molecule has 0 fully saturated rings. The number of benzene rings is 1. The van der Waals surface area contributed by atoms with Crippen molar-refractivity contribution in [2.75, 3.05) is 0 Å². The van der Waals surface area contributed by atoms with Gasteiger partial charge < -0.3 is 5.11 Å². The van der Waals surface area contributed by atoms with Gasteiger partial charge in [0, 0.05) is 0 Å². The van der Waals surface area contributed by atoms with Crippen LogP contribution in [0.25, 0.3) is 0 Å². The van der Waals surface area contributed by atoms with Gasteiger partial charge in [0.1, 0.15) is 0 Å². The average molecular weight is 283 g/mol. The summed E-state index contributed by atoms with van der Waals surface area (Å²) < 4.78 is 27.5. The molecule has 0 bridgehead atoms. The predicted octanol–water partition coefficient (Wildman–Crippen LogP) is -1.81. The normalized spacial score (nSPS) is 13.9. The molecule has 1 aromatic rings. The minimum Gasteiger partial charge on any atom is -0.877 e. The van der Waals surface area contributed by atoms with Crippen molar-refractivity contribution < 1.29 is 43.1 Å². The second-order valence-corrected chi connectivity index (χ2v) is 5.19. The quantitative estimate of drug-likeness (QED) is 0.474. The van der Waals surface area contributed by atoms with Crippen molar-refractivity contribution in [3.63, 3.8) is 0 Å². The molecule has 0 saturated carbocycles. The summed E-state index contributed by atoms with van der Waals surface area (Å²) in [6.45, 7) is 0. The van der Waals surface area contributed by atoms with E-state index in [1.165, 1.54) is 36.4 Å². The van der Waals surface area contributed by atoms with Gasteiger partial charge in [0.2, 0.25) is 0 Å². The van der Waals surface area contributed by atoms with Crippen molar-refractivity contribution in [1.29, 1.82) is 0 Å². The van der Waals surface area contributed by atoms with Crippen LogP contribution in [0.15, 0.2) is 75.8 Å². The van der Waals surface area contributed by atoms with Gasteiger partial charge in [-0.3, -0.25) is 0 Å². The Labute approximate surface area is 134 Å². The number of sulfonamides is 1. The van der Waals surface area contributed by atoms with Crippen LogP contribution in [0.1, 0.15) is 0 Å². The van der Waals surface area contributed by atoms with Crippen LogP contribution >= 0.6 is 0 Å². The molecule has 6 heteroatoms. The molecule has 0 saturated heterocycles. The van der Waals surface area contributed by atoms with Crippen LogP contribution in [0.3, 0.4) is 0 Å². The van der Waals surface area contributed by atoms with Gasteiger partial charge in [0.25, 0.3) is 10.0 Å². The van der Waals surface area contributed by atoms with Gasteiger partial charge in [-0.25, -0.2) is 0 Å². The van der Waals surface area contributed by atoms with Crippen molar-refractivity contribution in [1.82, 2.24) is 0 Å². The number of nitrogens with zero attached hydrogens (tertiary/aromatic N) is 1. The maximum atomic E-state index is 11.9. The fourth-order valence-corrected chi connectivity index (χ4v) is 2.40. The molecule has 1 aliphatic carbocycles. The molecule has 19 heavy (non-hydrogen) atoms. The Bertz CT molecular complexity index is 640. The third-order valence-corrected chi connectivity index (χ3v) is 3.61. The SMILES string of the molecule is O=S(=O)(N=C1C=CC(=C[O-])C=C1)c1ccccc1.[Na+]. The van der Waals surface area contributed by atoms with Crippen LogP contribution in [-0.2, 0) is 10.0 Å². The van der Waals surface area contributed by atoms with E-state index >= 15 is 0 Å². The van der Waals surface area contributed by atoms with Gasteiger partial charge in [-0.15, -0.1) is 6.26 Å². The van der Waals surface area contributed by atoms with Crippen molar-refractivity contribution in [3.8, 4) is 0 Å². The Morgan fingerprint density at radius 1 is 1.00 bits per heavy atom. The fraction of sp³-hybridized carbons (Fsp3) is 0. The van der Waals surface area contributed by atoms with E-state index in [-0.39, 0.29) is 34.5 Å². The number of hydrogen-bond donors (Lipinski definition) is 0. The fourth-order valence-electron chi connectivity index (χ4n) is 1.40. The predicted molar refractivity (Wildman–Crippen MR) is 67.4 cm³/mol. The Hall–Kier alpha value is -1.14. The zero-order valence-electron chi connectivity index (χ0n) is 10.4. The third-order valence-electron chi connectivity index (χ3n) is 2.30. The molecule has 0 N–H and O–H groups in total. The number of hydrogen-bond acceptors (Lipinski definition) is 3. The third kappa shape index (κ3) is 4.18. The van der Waals surface area contributed by atoms with Crippen molar-refractivity contribution in [2.45, 2.75) is 4.90 Å². The maximum absolute atomic E-state index is 11.9. The average Bonchev–Trinajstić information content (AvgIpc) is 2.40. The van der Waals surface area contributed by atoms with E-state index in [2.05, 4.69) is 4.40 Å². The molecule has 0 aromatic heterocycles. The molecular weight excluding hydrogens is 273 g/mol. The molecule has 0 spiro atoms. The molecule has 2 rings (SSSR count). The van der Waals surface area contributed by atoms with Crippen LogP contribution in [0.4, 0.5) is 0 Å². The van der Waals surface area contributed by atoms with Crippen molar-refractivity contribution in [3.05, 3.63) is 66.5 Å². The molecule has 0 amide bonds. The molecule has 1 aromatic carbocycles. The maximum Gasteiger partial charge on any atom is 1.00 e. The summed E-state index contributed by atoms with van der Waals surface area (Å²) in [6, 6.07) is 7.98. The monoisotopic (exact) mass is 283 g/mol. The summed E-state index contributed by atoms with van der Waals surface area (Å²) in [5, 5.41) is 10.5. The van der Waals surface area contributed by atoms with E-state index in [0.29, 0.717) is 17.5 Å². The molecule has 1 aliphatic rings. The first kappa shape index (κ1) is 15.9. The van der Waals surface area contributed by atoms with Crippen LogP contribution in [0, 0.1) is 0 Å². The Kier molecular flexibility index (Phi) is 5.75. The number of rotatable bonds is 2. The Balaban J connectivity index is 0.00000180. The van der Waals surface area contributed by atoms with Crippen LogP contribution < -0.4 is 34.7 Å². The van der Waals surface area contributed by atoms with E-state index in [9.17, 15) is 13.5 Å². The molecule has 0 heterocycles. The van der Waals surface area contributed by atoms with E-state index in [1.54, 1.807) is 18.2 Å². The van der Waals surface area contributed by atoms with Gasteiger partial charge >= 0.3 is 29.6 Å². The first-order valence-electron chi connectivity index (χ1n) is 5.20. The second-order valence-electron chi connectivity index (χ2n) is 3.59. The zero-order valence-corrected chi connectivity index (χ0v) is 13.2.